The van der Waals surface area contributed by atoms with E-state index in [0.717, 1.165) is 0 Å². The van der Waals surface area contributed by atoms with Crippen molar-refractivity contribution in [1.29, 1.82) is 0 Å². The van der Waals surface area contributed by atoms with Crippen LogP contribution in [-0.2, 0) is 10.0 Å². The third-order valence-electron chi connectivity index (χ3n) is 2.59. The molecule has 1 aromatic rings. The van der Waals surface area contributed by atoms with E-state index in [1.807, 2.05) is 0 Å². The van der Waals surface area contributed by atoms with E-state index in [0.29, 0.717) is 6.07 Å². The van der Waals surface area contributed by atoms with Gasteiger partial charge in [-0.25, -0.2) is 26.3 Å². The highest BCUT2D eigenvalue weighted by molar-refractivity contribution is 7.90. The van der Waals surface area contributed by atoms with Crippen LogP contribution in [0.1, 0.15) is 30.6 Å². The second-order valence-electron chi connectivity index (χ2n) is 3.94. The summed E-state index contributed by atoms with van der Waals surface area (Å²) in [4.78, 5) is 11.5. The van der Waals surface area contributed by atoms with Gasteiger partial charge in [0.25, 0.3) is 5.91 Å². The molecule has 0 aliphatic rings. The summed E-state index contributed by atoms with van der Waals surface area (Å²) >= 11 is 0. The first-order chi connectivity index (χ1) is 8.69. The molecule has 0 saturated carbocycles. The number of sulfonamides is 1. The van der Waals surface area contributed by atoms with Gasteiger partial charge >= 0.3 is 0 Å². The molecule has 0 spiro atoms. The quantitative estimate of drug-likeness (QED) is 0.864. The Morgan fingerprint density at radius 3 is 2.26 bits per heavy atom. The van der Waals surface area contributed by atoms with Crippen LogP contribution in [0.2, 0.25) is 0 Å². The summed E-state index contributed by atoms with van der Waals surface area (Å²) in [6, 6.07) is 0.492. The molecule has 0 aliphatic carbocycles. The van der Waals surface area contributed by atoms with Gasteiger partial charge in [-0.2, -0.15) is 0 Å². The first-order valence-electron chi connectivity index (χ1n) is 5.39. The lowest BCUT2D eigenvalue weighted by molar-refractivity contribution is 0.0976. The number of amides is 1. The van der Waals surface area contributed by atoms with Gasteiger partial charge < -0.3 is 0 Å². The third-order valence-corrected chi connectivity index (χ3v) is 4.46. The predicted molar refractivity (Wildman–Crippen MR) is 62.5 cm³/mol. The van der Waals surface area contributed by atoms with Crippen LogP contribution in [0.25, 0.3) is 0 Å². The highest BCUT2D eigenvalue weighted by atomic mass is 32.2. The van der Waals surface area contributed by atoms with Gasteiger partial charge in [0.15, 0.2) is 11.6 Å². The van der Waals surface area contributed by atoms with Gasteiger partial charge in [0, 0.05) is 6.07 Å². The summed E-state index contributed by atoms with van der Waals surface area (Å²) in [6.07, 6.45) is 0.239. The molecule has 1 unspecified atom stereocenters. The molecule has 19 heavy (non-hydrogen) atoms. The molecule has 0 aliphatic heterocycles. The Morgan fingerprint density at radius 1 is 1.21 bits per heavy atom. The van der Waals surface area contributed by atoms with Crippen LogP contribution < -0.4 is 4.72 Å². The van der Waals surface area contributed by atoms with Gasteiger partial charge in [-0.15, -0.1) is 0 Å². The van der Waals surface area contributed by atoms with Gasteiger partial charge in [0.05, 0.1) is 10.8 Å². The van der Waals surface area contributed by atoms with Crippen molar-refractivity contribution < 1.29 is 26.4 Å². The van der Waals surface area contributed by atoms with Gasteiger partial charge in [0.2, 0.25) is 10.0 Å². The molecule has 0 fully saturated rings. The molecular formula is C11H12F3NO3S. The second-order valence-corrected chi connectivity index (χ2v) is 6.04. The van der Waals surface area contributed by atoms with Crippen molar-refractivity contribution in [2.45, 2.75) is 25.5 Å². The number of hydrogen-bond acceptors (Lipinski definition) is 3. The maximum absolute atomic E-state index is 13.3. The zero-order valence-electron chi connectivity index (χ0n) is 10.2. The van der Waals surface area contributed by atoms with E-state index >= 15 is 0 Å². The zero-order valence-corrected chi connectivity index (χ0v) is 11.0. The van der Waals surface area contributed by atoms with Crippen molar-refractivity contribution >= 4 is 15.9 Å². The largest absolute Gasteiger partial charge is 0.268 e. The van der Waals surface area contributed by atoms with E-state index in [9.17, 15) is 26.4 Å². The Hall–Kier alpha value is -1.57. The number of carbonyl (C=O) groups is 1. The number of rotatable bonds is 4. The van der Waals surface area contributed by atoms with Crippen molar-refractivity contribution in [2.75, 3.05) is 0 Å². The average molecular weight is 295 g/mol. The number of nitrogens with one attached hydrogen (secondary N) is 1. The van der Waals surface area contributed by atoms with Crippen LogP contribution in [-0.4, -0.2) is 19.6 Å². The van der Waals surface area contributed by atoms with Gasteiger partial charge in [-0.05, 0) is 19.4 Å². The molecule has 0 saturated heterocycles. The number of carbonyl (C=O) groups excluding carboxylic acids is 1. The first-order valence-corrected chi connectivity index (χ1v) is 6.94. The Labute approximate surface area is 108 Å². The van der Waals surface area contributed by atoms with Crippen LogP contribution in [0.3, 0.4) is 0 Å². The van der Waals surface area contributed by atoms with Crippen molar-refractivity contribution in [1.82, 2.24) is 4.72 Å². The fourth-order valence-corrected chi connectivity index (χ4v) is 2.21. The van der Waals surface area contributed by atoms with Crippen LogP contribution in [0.5, 0.6) is 0 Å². The lowest BCUT2D eigenvalue weighted by atomic mass is 10.2. The van der Waals surface area contributed by atoms with E-state index in [1.165, 1.54) is 6.92 Å². The van der Waals surface area contributed by atoms with Crippen molar-refractivity contribution in [2.24, 2.45) is 0 Å². The normalized spacial score (nSPS) is 13.1. The summed E-state index contributed by atoms with van der Waals surface area (Å²) in [6.45, 7) is 2.95. The summed E-state index contributed by atoms with van der Waals surface area (Å²) in [5, 5.41) is -0.871. The monoisotopic (exact) mass is 295 g/mol. The van der Waals surface area contributed by atoms with Gasteiger partial charge in [0.1, 0.15) is 5.82 Å². The molecule has 4 nitrogen and oxygen atoms in total. The minimum absolute atomic E-state index is 0.181. The summed E-state index contributed by atoms with van der Waals surface area (Å²) in [5.41, 5.74) is -0.870. The van der Waals surface area contributed by atoms with Crippen molar-refractivity contribution in [3.8, 4) is 0 Å². The highest BCUT2D eigenvalue weighted by Gasteiger charge is 2.24. The minimum Gasteiger partial charge on any atom is -0.268 e. The van der Waals surface area contributed by atoms with Crippen molar-refractivity contribution in [3.05, 3.63) is 35.1 Å². The van der Waals surface area contributed by atoms with E-state index in [-0.39, 0.29) is 12.5 Å². The molecule has 0 radical (unpaired) electrons. The van der Waals surface area contributed by atoms with Crippen LogP contribution >= 0.6 is 0 Å². The maximum Gasteiger partial charge on any atom is 0.267 e. The molecule has 0 heterocycles. The van der Waals surface area contributed by atoms with E-state index in [4.69, 9.17) is 0 Å². The number of hydrogen-bond donors (Lipinski definition) is 1. The minimum atomic E-state index is -3.98. The fraction of sp³-hybridized carbons (Fsp3) is 0.364. The molecule has 8 heteroatoms. The standard InChI is InChI=1S/C11H12F3NO3S/c1-3-6(2)19(17,18)15-11(16)7-4-9(13)10(14)5-8(7)12/h4-6H,3H2,1-2H3,(H,15,16). The first kappa shape index (κ1) is 15.5. The lowest BCUT2D eigenvalue weighted by Crippen LogP contribution is -2.37. The Morgan fingerprint density at radius 2 is 1.74 bits per heavy atom. The zero-order chi connectivity index (χ0) is 14.8. The molecule has 1 aromatic carbocycles. The maximum atomic E-state index is 13.3. The summed E-state index contributed by atoms with van der Waals surface area (Å²) in [5.74, 6) is -5.57. The van der Waals surface area contributed by atoms with Gasteiger partial charge in [-0.3, -0.25) is 4.79 Å². The molecule has 106 valence electrons. The highest BCUT2D eigenvalue weighted by Crippen LogP contribution is 2.14. The molecule has 1 atom stereocenters. The summed E-state index contributed by atoms with van der Waals surface area (Å²) < 4.78 is 63.6. The van der Waals surface area contributed by atoms with E-state index in [2.05, 4.69) is 0 Å². The predicted octanol–water partition coefficient (Wildman–Crippen LogP) is 1.96. The molecule has 0 aromatic heterocycles. The Bertz CT molecular complexity index is 601. The molecule has 0 bridgehead atoms. The van der Waals surface area contributed by atoms with Crippen LogP contribution in [0, 0.1) is 17.5 Å². The molecule has 1 rings (SSSR count). The smallest absolute Gasteiger partial charge is 0.267 e. The van der Waals surface area contributed by atoms with E-state index < -0.39 is 44.2 Å². The molecule has 1 N–H and O–H groups in total. The number of halogens is 3. The average Bonchev–Trinajstić information content (AvgIpc) is 2.31. The summed E-state index contributed by atoms with van der Waals surface area (Å²) in [7, 11) is -3.98. The SMILES string of the molecule is CCC(C)S(=O)(=O)NC(=O)c1cc(F)c(F)cc1F. The van der Waals surface area contributed by atoms with Crippen molar-refractivity contribution in [3.63, 3.8) is 0 Å². The molecular weight excluding hydrogens is 283 g/mol. The lowest BCUT2D eigenvalue weighted by Gasteiger charge is -2.12. The molecule has 1 amide bonds. The Kier molecular flexibility index (Phi) is 4.56. The fourth-order valence-electron chi connectivity index (χ4n) is 1.20. The third kappa shape index (κ3) is 3.46. The topological polar surface area (TPSA) is 63.2 Å². The van der Waals surface area contributed by atoms with Crippen LogP contribution in [0.15, 0.2) is 12.1 Å². The Balaban J connectivity index is 3.06. The second kappa shape index (κ2) is 5.60. The van der Waals surface area contributed by atoms with E-state index in [1.54, 1.807) is 11.6 Å². The number of benzene rings is 1. The van der Waals surface area contributed by atoms with Gasteiger partial charge in [-0.1, -0.05) is 6.92 Å². The van der Waals surface area contributed by atoms with Crippen LogP contribution in [0.4, 0.5) is 13.2 Å².